The molecule has 1 aromatic carbocycles. The van der Waals surface area contributed by atoms with Gasteiger partial charge in [-0.15, -0.1) is 11.3 Å². The number of aliphatic hydroxyl groups is 2. The van der Waals surface area contributed by atoms with E-state index in [1.165, 1.54) is 10.4 Å². The zero-order valence-corrected chi connectivity index (χ0v) is 13.9. The van der Waals surface area contributed by atoms with Gasteiger partial charge in [-0.1, -0.05) is 42.0 Å². The van der Waals surface area contributed by atoms with E-state index in [0.717, 1.165) is 34.7 Å². The molecule has 1 atom stereocenters. The van der Waals surface area contributed by atoms with Crippen molar-refractivity contribution in [1.29, 1.82) is 0 Å². The van der Waals surface area contributed by atoms with Gasteiger partial charge in [-0.3, -0.25) is 0 Å². The minimum atomic E-state index is -0.574. The molecule has 2 heterocycles. The minimum Gasteiger partial charge on any atom is -0.390 e. The van der Waals surface area contributed by atoms with Gasteiger partial charge < -0.3 is 15.5 Å². The highest BCUT2D eigenvalue weighted by molar-refractivity contribution is 7.12. The lowest BCUT2D eigenvalue weighted by Gasteiger charge is -2.16. The summed E-state index contributed by atoms with van der Waals surface area (Å²) in [6, 6.07) is 12.1. The molecular weight excluding hydrogens is 306 g/mol. The Kier molecular flexibility index (Phi) is 4.96. The molecule has 1 aliphatic rings. The van der Waals surface area contributed by atoms with Crippen LogP contribution in [0.2, 0.25) is 0 Å². The number of aliphatic hydroxyl groups excluding tert-OH is 2. The fraction of sp³-hybridized carbons (Fsp3) is 0.263. The predicted molar refractivity (Wildman–Crippen MR) is 94.3 cm³/mol. The molecular formula is C19H21NO2S. The number of hydrogen-bond acceptors (Lipinski definition) is 4. The summed E-state index contributed by atoms with van der Waals surface area (Å²) in [7, 11) is 0. The summed E-state index contributed by atoms with van der Waals surface area (Å²) in [5.74, 6) is 0. The van der Waals surface area contributed by atoms with E-state index in [1.54, 1.807) is 11.3 Å². The standard InChI is InChI=1S/C19H21NO2S/c1-13-5-7-14(8-6-13)19(22)18-10-9-17(23-18)11-15-3-2-4-16(12-21)20-15/h3-10,19-22H,2,11-12H2,1H3. The Morgan fingerprint density at radius 2 is 1.83 bits per heavy atom. The Morgan fingerprint density at radius 1 is 1.09 bits per heavy atom. The lowest BCUT2D eigenvalue weighted by atomic mass is 10.1. The second kappa shape index (κ2) is 7.13. The van der Waals surface area contributed by atoms with E-state index in [0.29, 0.717) is 0 Å². The quantitative estimate of drug-likeness (QED) is 0.788. The van der Waals surface area contributed by atoms with Gasteiger partial charge in [-0.05, 0) is 31.0 Å². The first-order valence-electron chi connectivity index (χ1n) is 7.75. The summed E-state index contributed by atoms with van der Waals surface area (Å²) >= 11 is 1.63. The SMILES string of the molecule is Cc1ccc(C(O)c2ccc(CC3=CCC=C(CO)N3)s2)cc1. The van der Waals surface area contributed by atoms with Crippen LogP contribution in [0.4, 0.5) is 0 Å². The van der Waals surface area contributed by atoms with Gasteiger partial charge in [-0.25, -0.2) is 0 Å². The molecule has 3 N–H and O–H groups in total. The summed E-state index contributed by atoms with van der Waals surface area (Å²) in [5.41, 5.74) is 4.08. The second-order valence-electron chi connectivity index (χ2n) is 5.77. The molecule has 0 saturated carbocycles. The van der Waals surface area contributed by atoms with Gasteiger partial charge in [-0.2, -0.15) is 0 Å². The number of dihydropyridines is 1. The molecule has 3 nitrogen and oxygen atoms in total. The number of allylic oxidation sites excluding steroid dienone is 3. The number of benzene rings is 1. The van der Waals surface area contributed by atoms with Gasteiger partial charge in [0.25, 0.3) is 0 Å². The van der Waals surface area contributed by atoms with Crippen LogP contribution in [-0.4, -0.2) is 16.8 Å². The first-order chi connectivity index (χ1) is 11.2. The summed E-state index contributed by atoms with van der Waals surface area (Å²) in [6.45, 7) is 2.08. The molecule has 0 bridgehead atoms. The summed E-state index contributed by atoms with van der Waals surface area (Å²) in [5, 5.41) is 23.0. The molecule has 3 rings (SSSR count). The molecule has 23 heavy (non-hydrogen) atoms. The number of hydrogen-bond donors (Lipinski definition) is 3. The fourth-order valence-corrected chi connectivity index (χ4v) is 3.66. The molecule has 0 saturated heterocycles. The van der Waals surface area contributed by atoms with Crippen LogP contribution >= 0.6 is 11.3 Å². The van der Waals surface area contributed by atoms with E-state index < -0.39 is 6.10 Å². The van der Waals surface area contributed by atoms with Crippen molar-refractivity contribution in [3.05, 3.63) is 80.8 Å². The number of nitrogens with one attached hydrogen (secondary N) is 1. The van der Waals surface area contributed by atoms with Crippen LogP contribution < -0.4 is 5.32 Å². The molecule has 0 fully saturated rings. The maximum atomic E-state index is 10.5. The Balaban J connectivity index is 1.68. The largest absolute Gasteiger partial charge is 0.390 e. The summed E-state index contributed by atoms with van der Waals surface area (Å²) < 4.78 is 0. The maximum Gasteiger partial charge on any atom is 0.113 e. The Hall–Kier alpha value is -1.88. The molecule has 1 aromatic heterocycles. The van der Waals surface area contributed by atoms with Crippen molar-refractivity contribution < 1.29 is 10.2 Å². The van der Waals surface area contributed by atoms with Crippen LogP contribution in [0.25, 0.3) is 0 Å². The normalized spacial score (nSPS) is 15.6. The lowest BCUT2D eigenvalue weighted by molar-refractivity contribution is 0.224. The molecule has 0 spiro atoms. The van der Waals surface area contributed by atoms with Gasteiger partial charge in [0, 0.05) is 27.6 Å². The van der Waals surface area contributed by atoms with E-state index in [-0.39, 0.29) is 6.61 Å². The first-order valence-corrected chi connectivity index (χ1v) is 8.56. The first kappa shape index (κ1) is 16.0. The minimum absolute atomic E-state index is 0.0408. The van der Waals surface area contributed by atoms with Crippen molar-refractivity contribution in [2.75, 3.05) is 6.61 Å². The highest BCUT2D eigenvalue weighted by atomic mass is 32.1. The smallest absolute Gasteiger partial charge is 0.113 e. The van der Waals surface area contributed by atoms with Gasteiger partial charge in [0.05, 0.1) is 6.61 Å². The van der Waals surface area contributed by atoms with Crippen molar-refractivity contribution in [2.45, 2.75) is 25.9 Å². The molecule has 1 unspecified atom stereocenters. The average molecular weight is 327 g/mol. The highest BCUT2D eigenvalue weighted by Crippen LogP contribution is 2.30. The topological polar surface area (TPSA) is 52.5 Å². The monoisotopic (exact) mass is 327 g/mol. The highest BCUT2D eigenvalue weighted by Gasteiger charge is 2.14. The van der Waals surface area contributed by atoms with Crippen LogP contribution in [0.5, 0.6) is 0 Å². The number of aryl methyl sites for hydroxylation is 1. The molecule has 0 amide bonds. The average Bonchev–Trinajstić information content (AvgIpc) is 3.03. The van der Waals surface area contributed by atoms with Crippen LogP contribution in [0.3, 0.4) is 0 Å². The third-order valence-corrected chi connectivity index (χ3v) is 5.07. The van der Waals surface area contributed by atoms with E-state index in [4.69, 9.17) is 0 Å². The van der Waals surface area contributed by atoms with Crippen molar-refractivity contribution in [3.63, 3.8) is 0 Å². The van der Waals surface area contributed by atoms with Crippen LogP contribution in [0, 0.1) is 6.92 Å². The van der Waals surface area contributed by atoms with Crippen molar-refractivity contribution in [1.82, 2.24) is 5.32 Å². The summed E-state index contributed by atoms with van der Waals surface area (Å²) in [4.78, 5) is 2.15. The van der Waals surface area contributed by atoms with Crippen molar-refractivity contribution in [3.8, 4) is 0 Å². The molecule has 0 radical (unpaired) electrons. The van der Waals surface area contributed by atoms with Crippen molar-refractivity contribution in [2.24, 2.45) is 0 Å². The third-order valence-electron chi connectivity index (χ3n) is 3.93. The van der Waals surface area contributed by atoms with E-state index in [1.807, 2.05) is 43.3 Å². The Morgan fingerprint density at radius 3 is 2.57 bits per heavy atom. The van der Waals surface area contributed by atoms with Crippen LogP contribution in [-0.2, 0) is 6.42 Å². The molecule has 0 aliphatic carbocycles. The predicted octanol–water partition coefficient (Wildman–Crippen LogP) is 3.43. The number of thiophene rings is 1. The Labute approximate surface area is 140 Å². The molecule has 1 aliphatic heterocycles. The van der Waals surface area contributed by atoms with Gasteiger partial charge in [0.1, 0.15) is 6.10 Å². The van der Waals surface area contributed by atoms with Gasteiger partial charge >= 0.3 is 0 Å². The van der Waals surface area contributed by atoms with Gasteiger partial charge in [0.2, 0.25) is 0 Å². The van der Waals surface area contributed by atoms with Crippen LogP contribution in [0.15, 0.2) is 59.9 Å². The fourth-order valence-electron chi connectivity index (χ4n) is 2.61. The molecule has 120 valence electrons. The Bertz CT molecular complexity index is 728. The molecule has 4 heteroatoms. The second-order valence-corrected chi connectivity index (χ2v) is 6.97. The third kappa shape index (κ3) is 3.91. The number of rotatable bonds is 5. The van der Waals surface area contributed by atoms with Crippen molar-refractivity contribution >= 4 is 11.3 Å². The van der Waals surface area contributed by atoms with E-state index in [9.17, 15) is 10.2 Å². The maximum absolute atomic E-state index is 10.5. The van der Waals surface area contributed by atoms with E-state index >= 15 is 0 Å². The summed E-state index contributed by atoms with van der Waals surface area (Å²) in [6.07, 6.45) is 5.19. The van der Waals surface area contributed by atoms with Crippen LogP contribution in [0.1, 0.15) is 33.4 Å². The zero-order chi connectivity index (χ0) is 16.2. The van der Waals surface area contributed by atoms with Gasteiger partial charge in [0.15, 0.2) is 0 Å². The van der Waals surface area contributed by atoms with E-state index in [2.05, 4.69) is 17.5 Å². The lowest BCUT2D eigenvalue weighted by Crippen LogP contribution is -2.19. The zero-order valence-electron chi connectivity index (χ0n) is 13.1. The molecule has 2 aromatic rings.